The van der Waals surface area contributed by atoms with Crippen LogP contribution in [0.4, 0.5) is 0 Å². The first-order chi connectivity index (χ1) is 9.71. The monoisotopic (exact) mass is 286 g/mol. The molecule has 0 aliphatic carbocycles. The molecule has 0 spiro atoms. The van der Waals surface area contributed by atoms with Crippen molar-refractivity contribution in [1.82, 2.24) is 9.78 Å². The maximum Gasteiger partial charge on any atom is 0.217 e. The van der Waals surface area contributed by atoms with Gasteiger partial charge in [-0.15, -0.1) is 0 Å². The number of aryl methyl sites for hydroxylation is 1. The van der Waals surface area contributed by atoms with Gasteiger partial charge in [-0.1, -0.05) is 52.8 Å². The average molecular weight is 286 g/mol. The quantitative estimate of drug-likeness (QED) is 0.909. The van der Waals surface area contributed by atoms with Gasteiger partial charge in [-0.3, -0.25) is 0 Å². The molecule has 1 aromatic heterocycles. The van der Waals surface area contributed by atoms with Crippen molar-refractivity contribution in [2.75, 3.05) is 0 Å². The molecule has 2 rings (SSSR count). The van der Waals surface area contributed by atoms with Crippen LogP contribution in [-0.2, 0) is 11.8 Å². The first kappa shape index (κ1) is 15.6. The summed E-state index contributed by atoms with van der Waals surface area (Å²) in [4.78, 5) is 0. The number of para-hydroxylation sites is 1. The van der Waals surface area contributed by atoms with E-state index in [4.69, 9.17) is 5.10 Å². The highest BCUT2D eigenvalue weighted by Gasteiger charge is 2.27. The fraction of sp³-hybridized carbons (Fsp3) is 0.500. The van der Waals surface area contributed by atoms with Gasteiger partial charge < -0.3 is 5.11 Å². The van der Waals surface area contributed by atoms with Crippen LogP contribution < -0.4 is 0 Å². The zero-order valence-corrected chi connectivity index (χ0v) is 13.9. The molecular formula is C18H26N2O. The number of hydrogen-bond donors (Lipinski definition) is 1. The summed E-state index contributed by atoms with van der Waals surface area (Å²) in [5.41, 5.74) is 3.91. The molecule has 1 aromatic carbocycles. The number of aromatic nitrogens is 2. The number of hydrogen-bond acceptors (Lipinski definition) is 2. The number of benzene rings is 1. The minimum atomic E-state index is -0.0877. The molecule has 1 heterocycles. The Morgan fingerprint density at radius 2 is 1.81 bits per heavy atom. The van der Waals surface area contributed by atoms with Crippen molar-refractivity contribution in [3.05, 3.63) is 41.1 Å². The van der Waals surface area contributed by atoms with Gasteiger partial charge in [0.1, 0.15) is 0 Å². The van der Waals surface area contributed by atoms with Gasteiger partial charge in [-0.2, -0.15) is 5.10 Å². The Hall–Kier alpha value is -1.77. The molecule has 21 heavy (non-hydrogen) atoms. The molecule has 0 aliphatic heterocycles. The van der Waals surface area contributed by atoms with Crippen molar-refractivity contribution in [1.29, 1.82) is 0 Å². The molecule has 1 N–H and O–H groups in total. The van der Waals surface area contributed by atoms with E-state index in [1.54, 1.807) is 4.68 Å². The minimum absolute atomic E-state index is 0.0877. The molecule has 0 aliphatic rings. The Balaban J connectivity index is 2.65. The van der Waals surface area contributed by atoms with Crippen molar-refractivity contribution >= 4 is 0 Å². The van der Waals surface area contributed by atoms with Crippen LogP contribution in [0.5, 0.6) is 5.88 Å². The molecule has 0 bridgehead atoms. The van der Waals surface area contributed by atoms with Crippen LogP contribution in [0.1, 0.15) is 51.4 Å². The standard InChI is InChI=1S/C18H26N2O/c1-12(2)11-14-16(18(4,5)6)19-20(17(14)21)15-10-8-7-9-13(15)3/h7-10,12,21H,11H2,1-6H3. The first-order valence-corrected chi connectivity index (χ1v) is 7.59. The van der Waals surface area contributed by atoms with E-state index >= 15 is 0 Å². The lowest BCUT2D eigenvalue weighted by Crippen LogP contribution is -2.15. The molecule has 0 atom stereocenters. The third-order valence-electron chi connectivity index (χ3n) is 3.62. The van der Waals surface area contributed by atoms with Crippen LogP contribution in [0.3, 0.4) is 0 Å². The summed E-state index contributed by atoms with van der Waals surface area (Å²) in [7, 11) is 0. The summed E-state index contributed by atoms with van der Waals surface area (Å²) in [5.74, 6) is 0.759. The molecular weight excluding hydrogens is 260 g/mol. The summed E-state index contributed by atoms with van der Waals surface area (Å²) in [6.07, 6.45) is 0.838. The molecule has 0 saturated heterocycles. The van der Waals surface area contributed by atoms with E-state index in [1.165, 1.54) is 0 Å². The minimum Gasteiger partial charge on any atom is -0.493 e. The zero-order chi connectivity index (χ0) is 15.8. The second kappa shape index (κ2) is 5.55. The van der Waals surface area contributed by atoms with Gasteiger partial charge in [-0.05, 0) is 30.9 Å². The topological polar surface area (TPSA) is 38.0 Å². The number of rotatable bonds is 3. The Kier molecular flexibility index (Phi) is 4.13. The smallest absolute Gasteiger partial charge is 0.217 e. The summed E-state index contributed by atoms with van der Waals surface area (Å²) in [6.45, 7) is 12.8. The highest BCUT2D eigenvalue weighted by Crippen LogP contribution is 2.34. The predicted octanol–water partition coefficient (Wildman–Crippen LogP) is 4.38. The molecule has 0 unspecified atom stereocenters. The van der Waals surface area contributed by atoms with Crippen LogP contribution in [0.15, 0.2) is 24.3 Å². The van der Waals surface area contributed by atoms with E-state index in [-0.39, 0.29) is 11.3 Å². The van der Waals surface area contributed by atoms with E-state index < -0.39 is 0 Å². The second-order valence-electron chi connectivity index (χ2n) is 7.20. The van der Waals surface area contributed by atoms with E-state index in [0.29, 0.717) is 5.92 Å². The largest absolute Gasteiger partial charge is 0.493 e. The van der Waals surface area contributed by atoms with Crippen LogP contribution in [0.25, 0.3) is 5.69 Å². The highest BCUT2D eigenvalue weighted by molar-refractivity contribution is 5.46. The lowest BCUT2D eigenvalue weighted by atomic mass is 9.87. The summed E-state index contributed by atoms with van der Waals surface area (Å²) >= 11 is 0. The van der Waals surface area contributed by atoms with Crippen molar-refractivity contribution in [2.45, 2.75) is 53.4 Å². The molecule has 3 heteroatoms. The fourth-order valence-corrected chi connectivity index (χ4v) is 2.61. The van der Waals surface area contributed by atoms with Gasteiger partial charge in [0.15, 0.2) is 0 Å². The third-order valence-corrected chi connectivity index (χ3v) is 3.62. The SMILES string of the molecule is Cc1ccccc1-n1nc(C(C)(C)C)c(CC(C)C)c1O. The van der Waals surface area contributed by atoms with E-state index in [0.717, 1.165) is 28.9 Å². The summed E-state index contributed by atoms with van der Waals surface area (Å²) in [5, 5.41) is 15.4. The van der Waals surface area contributed by atoms with E-state index in [2.05, 4.69) is 34.6 Å². The number of nitrogens with zero attached hydrogens (tertiary/aromatic N) is 2. The third kappa shape index (κ3) is 3.12. The van der Waals surface area contributed by atoms with Crippen molar-refractivity contribution in [2.24, 2.45) is 5.92 Å². The van der Waals surface area contributed by atoms with Gasteiger partial charge in [0.25, 0.3) is 0 Å². The van der Waals surface area contributed by atoms with Gasteiger partial charge in [0.05, 0.1) is 11.4 Å². The highest BCUT2D eigenvalue weighted by atomic mass is 16.3. The fourth-order valence-electron chi connectivity index (χ4n) is 2.61. The van der Waals surface area contributed by atoms with Crippen LogP contribution in [0, 0.1) is 12.8 Å². The second-order valence-corrected chi connectivity index (χ2v) is 7.20. The molecule has 0 radical (unpaired) electrons. The lowest BCUT2D eigenvalue weighted by Gasteiger charge is -2.18. The summed E-state index contributed by atoms with van der Waals surface area (Å²) < 4.78 is 1.69. The van der Waals surface area contributed by atoms with Crippen LogP contribution in [-0.4, -0.2) is 14.9 Å². The van der Waals surface area contributed by atoms with Crippen LogP contribution >= 0.6 is 0 Å². The Morgan fingerprint density at radius 1 is 1.19 bits per heavy atom. The van der Waals surface area contributed by atoms with Crippen molar-refractivity contribution < 1.29 is 5.11 Å². The number of aromatic hydroxyl groups is 1. The normalized spacial score (nSPS) is 12.1. The molecule has 0 fully saturated rings. The van der Waals surface area contributed by atoms with Gasteiger partial charge in [-0.25, -0.2) is 4.68 Å². The Morgan fingerprint density at radius 3 is 2.33 bits per heavy atom. The zero-order valence-electron chi connectivity index (χ0n) is 13.9. The lowest BCUT2D eigenvalue weighted by molar-refractivity contribution is 0.424. The maximum atomic E-state index is 10.7. The van der Waals surface area contributed by atoms with Crippen molar-refractivity contribution in [3.63, 3.8) is 0 Å². The van der Waals surface area contributed by atoms with Crippen LogP contribution in [0.2, 0.25) is 0 Å². The van der Waals surface area contributed by atoms with E-state index in [9.17, 15) is 5.11 Å². The van der Waals surface area contributed by atoms with E-state index in [1.807, 2.05) is 31.2 Å². The maximum absolute atomic E-state index is 10.7. The molecule has 114 valence electrons. The van der Waals surface area contributed by atoms with Crippen molar-refractivity contribution in [3.8, 4) is 11.6 Å². The molecule has 0 amide bonds. The molecule has 2 aromatic rings. The van der Waals surface area contributed by atoms with Gasteiger partial charge in [0, 0.05) is 11.0 Å². The van der Waals surface area contributed by atoms with Gasteiger partial charge >= 0.3 is 0 Å². The van der Waals surface area contributed by atoms with Gasteiger partial charge in [0.2, 0.25) is 5.88 Å². The average Bonchev–Trinajstić information content (AvgIpc) is 2.67. The Labute approximate surface area is 127 Å². The first-order valence-electron chi connectivity index (χ1n) is 7.59. The summed E-state index contributed by atoms with van der Waals surface area (Å²) in [6, 6.07) is 8.00. The molecule has 3 nitrogen and oxygen atoms in total. The predicted molar refractivity (Wildman–Crippen MR) is 87.2 cm³/mol. The Bertz CT molecular complexity index is 633. The molecule has 0 saturated carbocycles.